The van der Waals surface area contributed by atoms with E-state index in [1.54, 1.807) is 0 Å². The molecule has 0 aliphatic rings. The summed E-state index contributed by atoms with van der Waals surface area (Å²) in [6, 6.07) is 0. The Balaban J connectivity index is 4.45. The molecule has 0 aromatic carbocycles. The zero-order valence-corrected chi connectivity index (χ0v) is 35.9. The van der Waals surface area contributed by atoms with Gasteiger partial charge < -0.3 is 14.2 Å². The summed E-state index contributed by atoms with van der Waals surface area (Å²) in [6.07, 6.45) is 52.1. The highest BCUT2D eigenvalue weighted by atomic mass is 16.6. The highest BCUT2D eigenvalue weighted by molar-refractivity contribution is 5.71. The molecule has 1 unspecified atom stereocenters. The van der Waals surface area contributed by atoms with E-state index in [1.165, 1.54) is 70.6 Å². The van der Waals surface area contributed by atoms with Crippen LogP contribution in [-0.4, -0.2) is 37.2 Å². The quantitative estimate of drug-likeness (QED) is 0.0267. The topological polar surface area (TPSA) is 78.9 Å². The molecule has 0 fully saturated rings. The predicted octanol–water partition coefficient (Wildman–Crippen LogP) is 14.5. The molecule has 55 heavy (non-hydrogen) atoms. The monoisotopic (exact) mass is 769 g/mol. The van der Waals surface area contributed by atoms with Gasteiger partial charge in [-0.25, -0.2) is 0 Å². The number of allylic oxidation sites excluding steroid dienone is 10. The van der Waals surface area contributed by atoms with E-state index in [-0.39, 0.29) is 31.1 Å². The molecule has 0 amide bonds. The highest BCUT2D eigenvalue weighted by Crippen LogP contribution is 2.12. The lowest BCUT2D eigenvalue weighted by Crippen LogP contribution is -2.30. The van der Waals surface area contributed by atoms with Crippen molar-refractivity contribution in [3.05, 3.63) is 60.8 Å². The van der Waals surface area contributed by atoms with Gasteiger partial charge in [0, 0.05) is 19.3 Å². The third kappa shape index (κ3) is 42.1. The molecular weight excluding hydrogens is 685 g/mol. The largest absolute Gasteiger partial charge is 0.462 e. The molecule has 6 heteroatoms. The van der Waals surface area contributed by atoms with Crippen LogP contribution in [0.1, 0.15) is 213 Å². The Bertz CT molecular complexity index is 1020. The number of hydrogen-bond acceptors (Lipinski definition) is 6. The fourth-order valence-corrected chi connectivity index (χ4v) is 6.04. The van der Waals surface area contributed by atoms with Crippen LogP contribution in [0.2, 0.25) is 0 Å². The van der Waals surface area contributed by atoms with Crippen molar-refractivity contribution >= 4 is 17.9 Å². The number of hydrogen-bond donors (Lipinski definition) is 0. The Labute approximate surface area is 339 Å². The highest BCUT2D eigenvalue weighted by Gasteiger charge is 2.19. The molecule has 0 rings (SSSR count). The average Bonchev–Trinajstić information content (AvgIpc) is 3.18. The summed E-state index contributed by atoms with van der Waals surface area (Å²) in [5, 5.41) is 0. The van der Waals surface area contributed by atoms with Crippen LogP contribution >= 0.6 is 0 Å². The van der Waals surface area contributed by atoms with Gasteiger partial charge in [-0.2, -0.15) is 0 Å². The van der Waals surface area contributed by atoms with Crippen LogP contribution in [0, 0.1) is 0 Å². The van der Waals surface area contributed by atoms with Crippen molar-refractivity contribution in [3.63, 3.8) is 0 Å². The second kappa shape index (κ2) is 43.8. The van der Waals surface area contributed by atoms with Gasteiger partial charge in [0.25, 0.3) is 0 Å². The molecule has 0 aromatic rings. The van der Waals surface area contributed by atoms with Crippen molar-refractivity contribution in [3.8, 4) is 0 Å². The van der Waals surface area contributed by atoms with Gasteiger partial charge in [-0.15, -0.1) is 0 Å². The zero-order chi connectivity index (χ0) is 40.1. The summed E-state index contributed by atoms with van der Waals surface area (Å²) in [6.45, 7) is 6.41. The molecule has 0 aromatic heterocycles. The van der Waals surface area contributed by atoms with E-state index in [9.17, 15) is 14.4 Å². The van der Waals surface area contributed by atoms with Gasteiger partial charge in [0.15, 0.2) is 6.10 Å². The molecular formula is C49H84O6. The SMILES string of the molecule is CC/C=C\C/C=C\C/C=C\CCCCCCC(=O)OCC(COC(=O)CCC/C=C\CCCCCC)OC(=O)CCCCC/C=C\CCCCCCCCC. The molecule has 1 atom stereocenters. The van der Waals surface area contributed by atoms with Crippen molar-refractivity contribution in [2.75, 3.05) is 13.2 Å². The van der Waals surface area contributed by atoms with Gasteiger partial charge in [0.05, 0.1) is 0 Å². The van der Waals surface area contributed by atoms with Crippen molar-refractivity contribution in [2.24, 2.45) is 0 Å². The van der Waals surface area contributed by atoms with Gasteiger partial charge in [0.2, 0.25) is 0 Å². The third-order valence-electron chi connectivity index (χ3n) is 9.48. The van der Waals surface area contributed by atoms with Crippen molar-refractivity contribution in [2.45, 2.75) is 219 Å². The Morgan fingerprint density at radius 2 is 0.727 bits per heavy atom. The fourth-order valence-electron chi connectivity index (χ4n) is 6.04. The summed E-state index contributed by atoms with van der Waals surface area (Å²) in [4.78, 5) is 37.7. The Hall–Kier alpha value is -2.89. The maximum Gasteiger partial charge on any atom is 0.306 e. The van der Waals surface area contributed by atoms with Gasteiger partial charge in [-0.05, 0) is 96.3 Å². The predicted molar refractivity (Wildman–Crippen MR) is 233 cm³/mol. The summed E-state index contributed by atoms with van der Waals surface area (Å²) in [5.74, 6) is -0.978. The normalized spacial score (nSPS) is 12.6. The maximum atomic E-state index is 12.7. The van der Waals surface area contributed by atoms with Gasteiger partial charge in [-0.3, -0.25) is 14.4 Å². The molecule has 6 nitrogen and oxygen atoms in total. The second-order valence-electron chi connectivity index (χ2n) is 14.9. The number of ether oxygens (including phenoxy) is 3. The first kappa shape index (κ1) is 52.1. The first-order chi connectivity index (χ1) is 27.0. The molecule has 0 aliphatic carbocycles. The van der Waals surface area contributed by atoms with Crippen LogP contribution in [-0.2, 0) is 28.6 Å². The van der Waals surface area contributed by atoms with E-state index >= 15 is 0 Å². The number of rotatable bonds is 40. The first-order valence-corrected chi connectivity index (χ1v) is 22.8. The van der Waals surface area contributed by atoms with E-state index in [1.807, 2.05) is 0 Å². The van der Waals surface area contributed by atoms with E-state index in [2.05, 4.69) is 81.5 Å². The number of carbonyl (C=O) groups is 3. The average molecular weight is 769 g/mol. The van der Waals surface area contributed by atoms with Crippen LogP contribution in [0.15, 0.2) is 60.8 Å². The van der Waals surface area contributed by atoms with Crippen LogP contribution in [0.4, 0.5) is 0 Å². The molecule has 0 radical (unpaired) electrons. The minimum Gasteiger partial charge on any atom is -0.462 e. The molecule has 0 N–H and O–H groups in total. The molecule has 0 aliphatic heterocycles. The van der Waals surface area contributed by atoms with Crippen LogP contribution in [0.5, 0.6) is 0 Å². The molecule has 0 spiro atoms. The lowest BCUT2D eigenvalue weighted by molar-refractivity contribution is -0.167. The fraction of sp³-hybridized carbons (Fsp3) is 0.735. The summed E-state index contributed by atoms with van der Waals surface area (Å²) >= 11 is 0. The van der Waals surface area contributed by atoms with Crippen LogP contribution in [0.25, 0.3) is 0 Å². The van der Waals surface area contributed by atoms with E-state index in [0.29, 0.717) is 25.7 Å². The van der Waals surface area contributed by atoms with Crippen molar-refractivity contribution in [1.29, 1.82) is 0 Å². The number of esters is 3. The lowest BCUT2D eigenvalue weighted by atomic mass is 10.1. The van der Waals surface area contributed by atoms with Gasteiger partial charge in [-0.1, -0.05) is 159 Å². The van der Waals surface area contributed by atoms with E-state index < -0.39 is 6.10 Å². The minimum atomic E-state index is -0.799. The smallest absolute Gasteiger partial charge is 0.306 e. The number of unbranched alkanes of at least 4 members (excludes halogenated alkanes) is 19. The molecule has 0 heterocycles. The van der Waals surface area contributed by atoms with E-state index in [4.69, 9.17) is 14.2 Å². The Kier molecular flexibility index (Phi) is 41.5. The summed E-state index contributed by atoms with van der Waals surface area (Å²) < 4.78 is 16.6. The van der Waals surface area contributed by atoms with E-state index in [0.717, 1.165) is 96.3 Å². The molecule has 0 bridgehead atoms. The molecule has 0 saturated carbocycles. The first-order valence-electron chi connectivity index (χ1n) is 22.8. The Morgan fingerprint density at radius 3 is 1.24 bits per heavy atom. The van der Waals surface area contributed by atoms with Gasteiger partial charge >= 0.3 is 17.9 Å². The van der Waals surface area contributed by atoms with Crippen LogP contribution in [0.3, 0.4) is 0 Å². The summed E-state index contributed by atoms with van der Waals surface area (Å²) in [5.41, 5.74) is 0. The van der Waals surface area contributed by atoms with Crippen molar-refractivity contribution < 1.29 is 28.6 Å². The molecule has 316 valence electrons. The third-order valence-corrected chi connectivity index (χ3v) is 9.48. The van der Waals surface area contributed by atoms with Crippen molar-refractivity contribution in [1.82, 2.24) is 0 Å². The maximum absolute atomic E-state index is 12.7. The molecule has 0 saturated heterocycles. The lowest BCUT2D eigenvalue weighted by Gasteiger charge is -2.18. The standard InChI is InChI=1S/C49H84O6/c1-4-7-10-13-16-19-21-23-25-27-30-33-36-39-42-48(51)54-45-46(44-53-47(50)41-38-35-32-29-18-15-12-9-6-3)55-49(52)43-40-37-34-31-28-26-24-22-20-17-14-11-8-5-2/h7,10,16,19,23,25-26,28-29,32,46H,4-6,8-9,11-15,17-18,20-22,24,27,30-31,33-45H2,1-3H3/b10-7-,19-16-,25-23-,28-26-,32-29-. The second-order valence-corrected chi connectivity index (χ2v) is 14.9. The van der Waals surface area contributed by atoms with Gasteiger partial charge in [0.1, 0.15) is 13.2 Å². The number of carbonyl (C=O) groups excluding carboxylic acids is 3. The van der Waals surface area contributed by atoms with Crippen LogP contribution < -0.4 is 0 Å². The minimum absolute atomic E-state index is 0.101. The summed E-state index contributed by atoms with van der Waals surface area (Å²) in [7, 11) is 0. The Morgan fingerprint density at radius 1 is 0.382 bits per heavy atom. The zero-order valence-electron chi connectivity index (χ0n) is 35.9.